The van der Waals surface area contributed by atoms with Gasteiger partial charge in [-0.15, -0.1) is 0 Å². The van der Waals surface area contributed by atoms with Crippen molar-refractivity contribution in [3.63, 3.8) is 0 Å². The molecule has 0 aliphatic heterocycles. The number of methoxy groups -OCH3 is 1. The van der Waals surface area contributed by atoms with Crippen LogP contribution in [-0.4, -0.2) is 34.7 Å². The van der Waals surface area contributed by atoms with E-state index in [0.29, 0.717) is 29.5 Å². The molecule has 0 bridgehead atoms. The minimum absolute atomic E-state index is 0.0403. The van der Waals surface area contributed by atoms with E-state index in [2.05, 4.69) is 15.3 Å². The van der Waals surface area contributed by atoms with Crippen LogP contribution in [0.4, 0.5) is 5.82 Å². The maximum Gasteiger partial charge on any atom is 0.354 e. The monoisotopic (exact) mass is 287 g/mol. The fourth-order valence-electron chi connectivity index (χ4n) is 1.79. The van der Waals surface area contributed by atoms with Gasteiger partial charge in [0.2, 0.25) is 0 Å². The second kappa shape index (κ2) is 6.69. The van der Waals surface area contributed by atoms with Gasteiger partial charge in [-0.3, -0.25) is 0 Å². The quantitative estimate of drug-likeness (QED) is 0.849. The largest absolute Gasteiger partial charge is 0.497 e. The van der Waals surface area contributed by atoms with E-state index >= 15 is 0 Å². The number of ether oxygens (including phenoxy) is 1. The molecule has 0 saturated heterocycles. The van der Waals surface area contributed by atoms with Crippen molar-refractivity contribution in [2.45, 2.75) is 13.3 Å². The molecule has 2 rings (SSSR count). The first kappa shape index (κ1) is 14.8. The van der Waals surface area contributed by atoms with Gasteiger partial charge in [0.25, 0.3) is 0 Å². The van der Waals surface area contributed by atoms with Crippen LogP contribution in [0.25, 0.3) is 11.4 Å². The maximum atomic E-state index is 11.2. The second-order valence-corrected chi connectivity index (χ2v) is 4.43. The molecule has 0 aliphatic carbocycles. The first-order valence-electron chi connectivity index (χ1n) is 6.64. The Morgan fingerprint density at radius 2 is 2.14 bits per heavy atom. The van der Waals surface area contributed by atoms with Crippen LogP contribution < -0.4 is 10.1 Å². The molecule has 21 heavy (non-hydrogen) atoms. The molecule has 110 valence electrons. The molecule has 6 nitrogen and oxygen atoms in total. The zero-order valence-electron chi connectivity index (χ0n) is 12.0. The van der Waals surface area contributed by atoms with Crippen LogP contribution in [0.5, 0.6) is 5.75 Å². The molecule has 0 spiro atoms. The van der Waals surface area contributed by atoms with Crippen LogP contribution in [0.15, 0.2) is 30.3 Å². The smallest absolute Gasteiger partial charge is 0.354 e. The minimum Gasteiger partial charge on any atom is -0.497 e. The van der Waals surface area contributed by atoms with E-state index in [1.165, 1.54) is 6.07 Å². The Labute approximate surface area is 122 Å². The van der Waals surface area contributed by atoms with Gasteiger partial charge < -0.3 is 15.2 Å². The number of hydrogen-bond acceptors (Lipinski definition) is 5. The molecule has 1 aromatic heterocycles. The molecule has 1 aromatic carbocycles. The van der Waals surface area contributed by atoms with Gasteiger partial charge in [-0.1, -0.05) is 19.1 Å². The Morgan fingerprint density at radius 1 is 1.33 bits per heavy atom. The summed E-state index contributed by atoms with van der Waals surface area (Å²) in [5.74, 6) is 0.440. The fourth-order valence-corrected chi connectivity index (χ4v) is 1.79. The lowest BCUT2D eigenvalue weighted by molar-refractivity contribution is 0.0690. The molecule has 0 aliphatic rings. The van der Waals surface area contributed by atoms with E-state index < -0.39 is 5.97 Å². The van der Waals surface area contributed by atoms with Crippen LogP contribution in [0.3, 0.4) is 0 Å². The summed E-state index contributed by atoms with van der Waals surface area (Å²) in [6.45, 7) is 2.74. The van der Waals surface area contributed by atoms with Crippen molar-refractivity contribution in [2.75, 3.05) is 19.0 Å². The highest BCUT2D eigenvalue weighted by molar-refractivity contribution is 5.87. The molecule has 1 heterocycles. The van der Waals surface area contributed by atoms with Crippen molar-refractivity contribution in [3.8, 4) is 17.1 Å². The van der Waals surface area contributed by atoms with Crippen molar-refractivity contribution in [2.24, 2.45) is 0 Å². The van der Waals surface area contributed by atoms with Crippen molar-refractivity contribution in [3.05, 3.63) is 36.0 Å². The number of rotatable bonds is 6. The summed E-state index contributed by atoms with van der Waals surface area (Å²) in [6, 6.07) is 8.63. The van der Waals surface area contributed by atoms with E-state index in [1.807, 2.05) is 19.1 Å². The zero-order valence-corrected chi connectivity index (χ0v) is 12.0. The molecule has 0 saturated carbocycles. The minimum atomic E-state index is -1.08. The molecule has 0 unspecified atom stereocenters. The van der Waals surface area contributed by atoms with Crippen LogP contribution in [-0.2, 0) is 0 Å². The molecular formula is C15H17N3O3. The molecule has 2 aromatic rings. The van der Waals surface area contributed by atoms with E-state index in [4.69, 9.17) is 9.84 Å². The number of carboxylic acids is 1. The third kappa shape index (κ3) is 3.68. The average molecular weight is 287 g/mol. The number of aromatic carboxylic acids is 1. The number of hydrogen-bond donors (Lipinski definition) is 2. The predicted octanol–water partition coefficient (Wildman–Crippen LogP) is 2.67. The van der Waals surface area contributed by atoms with Gasteiger partial charge in [-0.05, 0) is 18.6 Å². The lowest BCUT2D eigenvalue weighted by Gasteiger charge is -2.08. The molecule has 0 fully saturated rings. The van der Waals surface area contributed by atoms with Gasteiger partial charge in [0, 0.05) is 18.2 Å². The summed E-state index contributed by atoms with van der Waals surface area (Å²) in [5.41, 5.74) is 0.665. The normalized spacial score (nSPS) is 10.2. The number of anilines is 1. The maximum absolute atomic E-state index is 11.2. The third-order valence-corrected chi connectivity index (χ3v) is 2.83. The Kier molecular flexibility index (Phi) is 4.71. The van der Waals surface area contributed by atoms with Crippen molar-refractivity contribution >= 4 is 11.8 Å². The SMILES string of the molecule is CCCNc1cc(C(=O)O)nc(-c2cccc(OC)c2)n1. The molecule has 0 atom stereocenters. The Hall–Kier alpha value is -2.63. The molecule has 0 radical (unpaired) electrons. The Balaban J connectivity index is 2.45. The second-order valence-electron chi connectivity index (χ2n) is 4.43. The Bertz CT molecular complexity index is 644. The van der Waals surface area contributed by atoms with Crippen LogP contribution in [0, 0.1) is 0 Å². The lowest BCUT2D eigenvalue weighted by Crippen LogP contribution is -2.08. The number of nitrogens with zero attached hydrogens (tertiary/aromatic N) is 2. The summed E-state index contributed by atoms with van der Waals surface area (Å²) in [6.07, 6.45) is 0.918. The number of benzene rings is 1. The summed E-state index contributed by atoms with van der Waals surface area (Å²) in [5, 5.41) is 12.2. The molecule has 0 amide bonds. The van der Waals surface area contributed by atoms with E-state index in [9.17, 15) is 4.79 Å². The highest BCUT2D eigenvalue weighted by Crippen LogP contribution is 2.22. The van der Waals surface area contributed by atoms with Gasteiger partial charge in [0.05, 0.1) is 7.11 Å². The van der Waals surface area contributed by atoms with Crippen LogP contribution in [0.2, 0.25) is 0 Å². The van der Waals surface area contributed by atoms with Crippen LogP contribution >= 0.6 is 0 Å². The van der Waals surface area contributed by atoms with E-state index in [0.717, 1.165) is 6.42 Å². The Morgan fingerprint density at radius 3 is 2.81 bits per heavy atom. The summed E-state index contributed by atoms with van der Waals surface area (Å²) >= 11 is 0. The summed E-state index contributed by atoms with van der Waals surface area (Å²) in [4.78, 5) is 19.6. The summed E-state index contributed by atoms with van der Waals surface area (Å²) < 4.78 is 5.16. The van der Waals surface area contributed by atoms with E-state index in [1.54, 1.807) is 19.2 Å². The summed E-state index contributed by atoms with van der Waals surface area (Å²) in [7, 11) is 1.57. The van der Waals surface area contributed by atoms with Gasteiger partial charge in [0.1, 0.15) is 11.6 Å². The van der Waals surface area contributed by atoms with Crippen molar-refractivity contribution in [1.82, 2.24) is 9.97 Å². The molecule has 2 N–H and O–H groups in total. The van der Waals surface area contributed by atoms with E-state index in [-0.39, 0.29) is 5.69 Å². The standard InChI is InChI=1S/C15H17N3O3/c1-3-7-16-13-9-12(15(19)20)17-14(18-13)10-5-4-6-11(8-10)21-2/h4-6,8-9H,3,7H2,1-2H3,(H,19,20)(H,16,17,18). The topological polar surface area (TPSA) is 84.3 Å². The highest BCUT2D eigenvalue weighted by atomic mass is 16.5. The number of nitrogens with one attached hydrogen (secondary N) is 1. The first-order chi connectivity index (χ1) is 10.1. The molecular weight excluding hydrogens is 270 g/mol. The van der Waals surface area contributed by atoms with Gasteiger partial charge in [0.15, 0.2) is 11.5 Å². The first-order valence-corrected chi connectivity index (χ1v) is 6.64. The zero-order chi connectivity index (χ0) is 15.2. The molecule has 6 heteroatoms. The number of carboxylic acid groups (broad SMARTS) is 1. The van der Waals surface area contributed by atoms with Gasteiger partial charge in [-0.2, -0.15) is 0 Å². The number of carbonyl (C=O) groups is 1. The number of aromatic nitrogens is 2. The highest BCUT2D eigenvalue weighted by Gasteiger charge is 2.12. The lowest BCUT2D eigenvalue weighted by atomic mass is 10.2. The predicted molar refractivity (Wildman–Crippen MR) is 79.8 cm³/mol. The average Bonchev–Trinajstić information content (AvgIpc) is 2.52. The van der Waals surface area contributed by atoms with Crippen LogP contribution in [0.1, 0.15) is 23.8 Å². The van der Waals surface area contributed by atoms with Gasteiger partial charge >= 0.3 is 5.97 Å². The van der Waals surface area contributed by atoms with Crippen molar-refractivity contribution < 1.29 is 14.6 Å². The fraction of sp³-hybridized carbons (Fsp3) is 0.267. The van der Waals surface area contributed by atoms with Gasteiger partial charge in [-0.25, -0.2) is 14.8 Å². The van der Waals surface area contributed by atoms with Crippen molar-refractivity contribution in [1.29, 1.82) is 0 Å². The third-order valence-electron chi connectivity index (χ3n) is 2.83.